The molecule has 1 heterocycles. The van der Waals surface area contributed by atoms with Crippen LogP contribution in [0.4, 0.5) is 0 Å². The van der Waals surface area contributed by atoms with Crippen LogP contribution in [-0.2, 0) is 0 Å². The van der Waals surface area contributed by atoms with Gasteiger partial charge in [-0.25, -0.2) is 4.98 Å². The fraction of sp³-hybridized carbons (Fsp3) is 0. The van der Waals surface area contributed by atoms with Gasteiger partial charge in [0, 0.05) is 0 Å². The average Bonchev–Trinajstić information content (AvgIpc) is 2.46. The van der Waals surface area contributed by atoms with E-state index in [-0.39, 0.29) is 0 Å². The van der Waals surface area contributed by atoms with E-state index in [4.69, 9.17) is 0 Å². The maximum Gasteiger partial charge on any atom is 0.178 e. The number of thiazole rings is 1. The van der Waals surface area contributed by atoms with Crippen LogP contribution in [0.1, 0.15) is 9.80 Å². The number of rotatable bonds is 1. The van der Waals surface area contributed by atoms with Crippen LogP contribution in [0.3, 0.4) is 0 Å². The molecular formula is C8H4NOS. The van der Waals surface area contributed by atoms with Gasteiger partial charge in [0.2, 0.25) is 0 Å². The molecule has 0 aliphatic rings. The number of fused-ring (bicyclic) bond motifs is 1. The summed E-state index contributed by atoms with van der Waals surface area (Å²) in [5, 5.41) is 0.527. The summed E-state index contributed by atoms with van der Waals surface area (Å²) in [6.45, 7) is 0. The van der Waals surface area contributed by atoms with Crippen LogP contribution in [0.15, 0.2) is 18.2 Å². The first-order chi connectivity index (χ1) is 5.40. The van der Waals surface area contributed by atoms with E-state index in [0.29, 0.717) is 5.01 Å². The second kappa shape index (κ2) is 2.43. The Bertz CT molecular complexity index is 361. The molecule has 1 radical (unpaired) electrons. The second-order valence-corrected chi connectivity index (χ2v) is 3.13. The molecule has 1 aromatic heterocycles. The predicted octanol–water partition coefficient (Wildman–Crippen LogP) is 1.91. The van der Waals surface area contributed by atoms with Crippen molar-refractivity contribution in [2.75, 3.05) is 0 Å². The van der Waals surface area contributed by atoms with Crippen LogP contribution in [0.25, 0.3) is 10.2 Å². The summed E-state index contributed by atoms with van der Waals surface area (Å²) < 4.78 is 1.03. The standard InChI is InChI=1S/C8H4NOS/c10-5-8-9-6-3-1-2-4-7(6)11-8/h2-5H. The Morgan fingerprint density at radius 2 is 2.55 bits per heavy atom. The molecule has 11 heavy (non-hydrogen) atoms. The van der Waals surface area contributed by atoms with E-state index < -0.39 is 0 Å². The van der Waals surface area contributed by atoms with Gasteiger partial charge >= 0.3 is 0 Å². The van der Waals surface area contributed by atoms with Gasteiger partial charge in [0.15, 0.2) is 11.3 Å². The van der Waals surface area contributed by atoms with Gasteiger partial charge in [0.1, 0.15) is 0 Å². The summed E-state index contributed by atoms with van der Waals surface area (Å²) in [4.78, 5) is 14.4. The van der Waals surface area contributed by atoms with E-state index in [2.05, 4.69) is 11.1 Å². The monoisotopic (exact) mass is 162 g/mol. The first-order valence-electron chi connectivity index (χ1n) is 3.12. The van der Waals surface area contributed by atoms with Gasteiger partial charge in [0.05, 0.1) is 10.2 Å². The lowest BCUT2D eigenvalue weighted by atomic mass is 10.3. The number of hydrogen-bond donors (Lipinski definition) is 0. The van der Waals surface area contributed by atoms with Crippen LogP contribution in [0.2, 0.25) is 0 Å². The molecule has 0 fully saturated rings. The van der Waals surface area contributed by atoms with Crippen LogP contribution >= 0.6 is 11.3 Å². The molecule has 0 unspecified atom stereocenters. The zero-order valence-electron chi connectivity index (χ0n) is 5.57. The van der Waals surface area contributed by atoms with E-state index in [9.17, 15) is 4.79 Å². The number of hydrogen-bond acceptors (Lipinski definition) is 3. The van der Waals surface area contributed by atoms with E-state index in [1.807, 2.05) is 12.1 Å². The summed E-state index contributed by atoms with van der Waals surface area (Å²) in [6.07, 6.45) is 0.769. The molecule has 0 atom stereocenters. The molecule has 0 aliphatic carbocycles. The van der Waals surface area contributed by atoms with Crippen molar-refractivity contribution in [2.24, 2.45) is 0 Å². The third-order valence-corrected chi connectivity index (χ3v) is 2.31. The normalized spacial score (nSPS) is 10.2. The number of nitrogens with zero attached hydrogens (tertiary/aromatic N) is 1. The molecule has 2 aromatic rings. The molecule has 0 aliphatic heterocycles. The van der Waals surface area contributed by atoms with Gasteiger partial charge in [-0.2, -0.15) is 0 Å². The number of carbonyl (C=O) groups is 1. The van der Waals surface area contributed by atoms with E-state index in [1.165, 1.54) is 11.3 Å². The third-order valence-electron chi connectivity index (χ3n) is 1.35. The minimum absolute atomic E-state index is 0.527. The number of carbonyl (C=O) groups excluding carboxylic acids is 1. The van der Waals surface area contributed by atoms with Crippen LogP contribution in [0, 0.1) is 6.07 Å². The molecule has 0 saturated carbocycles. The minimum Gasteiger partial charge on any atom is -0.295 e. The van der Waals surface area contributed by atoms with Crippen LogP contribution in [-0.4, -0.2) is 11.3 Å². The number of benzene rings is 1. The molecule has 0 spiro atoms. The van der Waals surface area contributed by atoms with Gasteiger partial charge < -0.3 is 0 Å². The summed E-state index contributed by atoms with van der Waals surface area (Å²) in [6, 6.07) is 8.40. The van der Waals surface area contributed by atoms with Crippen molar-refractivity contribution in [1.82, 2.24) is 4.98 Å². The first-order valence-corrected chi connectivity index (χ1v) is 3.93. The van der Waals surface area contributed by atoms with Crippen molar-refractivity contribution in [3.63, 3.8) is 0 Å². The average molecular weight is 162 g/mol. The Labute approximate surface area is 67.5 Å². The molecular weight excluding hydrogens is 158 g/mol. The van der Waals surface area contributed by atoms with Gasteiger partial charge in [-0.05, 0) is 18.2 Å². The zero-order valence-corrected chi connectivity index (χ0v) is 6.39. The number of aldehydes is 1. The van der Waals surface area contributed by atoms with Gasteiger partial charge in [-0.15, -0.1) is 11.3 Å². The Morgan fingerprint density at radius 3 is 3.27 bits per heavy atom. The molecule has 0 amide bonds. The van der Waals surface area contributed by atoms with Crippen LogP contribution < -0.4 is 0 Å². The summed E-state index contributed by atoms with van der Waals surface area (Å²) in [5.74, 6) is 0. The Kier molecular flexibility index (Phi) is 1.43. The van der Waals surface area contributed by atoms with Gasteiger partial charge in [-0.3, -0.25) is 4.79 Å². The van der Waals surface area contributed by atoms with E-state index in [0.717, 1.165) is 16.5 Å². The molecule has 2 nitrogen and oxygen atoms in total. The molecule has 0 saturated heterocycles. The molecule has 0 N–H and O–H groups in total. The highest BCUT2D eigenvalue weighted by Gasteiger charge is 1.99. The van der Waals surface area contributed by atoms with Crippen molar-refractivity contribution in [1.29, 1.82) is 0 Å². The van der Waals surface area contributed by atoms with Crippen molar-refractivity contribution < 1.29 is 4.79 Å². The highest BCUT2D eigenvalue weighted by Crippen LogP contribution is 2.19. The van der Waals surface area contributed by atoms with Crippen molar-refractivity contribution >= 4 is 27.8 Å². The fourth-order valence-corrected chi connectivity index (χ4v) is 1.65. The topological polar surface area (TPSA) is 30.0 Å². The summed E-state index contributed by atoms with van der Waals surface area (Å²) >= 11 is 1.40. The molecule has 0 bridgehead atoms. The minimum atomic E-state index is 0.527. The maximum absolute atomic E-state index is 10.3. The van der Waals surface area contributed by atoms with Crippen molar-refractivity contribution in [3.8, 4) is 0 Å². The molecule has 1 aromatic carbocycles. The Hall–Kier alpha value is -1.22. The van der Waals surface area contributed by atoms with Crippen LogP contribution in [0.5, 0.6) is 0 Å². The SMILES string of the molecule is O=Cc1nc2c[c]ccc2s1. The largest absolute Gasteiger partial charge is 0.295 e. The van der Waals surface area contributed by atoms with E-state index in [1.54, 1.807) is 6.07 Å². The molecule has 2 rings (SSSR count). The van der Waals surface area contributed by atoms with E-state index >= 15 is 0 Å². The predicted molar refractivity (Wildman–Crippen MR) is 43.8 cm³/mol. The molecule has 53 valence electrons. The Morgan fingerprint density at radius 1 is 1.64 bits per heavy atom. The number of aromatic nitrogens is 1. The molecule has 3 heteroatoms. The summed E-state index contributed by atoms with van der Waals surface area (Å²) in [7, 11) is 0. The quantitative estimate of drug-likeness (QED) is 0.599. The lowest BCUT2D eigenvalue weighted by Gasteiger charge is -1.79. The lowest BCUT2D eigenvalue weighted by molar-refractivity contribution is 0.112. The first kappa shape index (κ1) is 6.49. The van der Waals surface area contributed by atoms with Gasteiger partial charge in [-0.1, -0.05) is 6.07 Å². The lowest BCUT2D eigenvalue weighted by Crippen LogP contribution is -1.72. The zero-order chi connectivity index (χ0) is 7.68. The highest BCUT2D eigenvalue weighted by atomic mass is 32.1. The van der Waals surface area contributed by atoms with Gasteiger partial charge in [0.25, 0.3) is 0 Å². The highest BCUT2D eigenvalue weighted by molar-refractivity contribution is 7.19. The maximum atomic E-state index is 10.3. The summed E-state index contributed by atoms with van der Waals surface area (Å²) in [5.41, 5.74) is 0.847. The van der Waals surface area contributed by atoms with Crippen molar-refractivity contribution in [3.05, 3.63) is 29.3 Å². The smallest absolute Gasteiger partial charge is 0.178 e. The fourth-order valence-electron chi connectivity index (χ4n) is 0.886. The second-order valence-electron chi connectivity index (χ2n) is 2.06. The van der Waals surface area contributed by atoms with Crippen molar-refractivity contribution in [2.45, 2.75) is 0 Å². The third kappa shape index (κ3) is 1.03. The Balaban J connectivity index is 2.78.